The quantitative estimate of drug-likeness (QED) is 0.707. The molecule has 1 N–H and O–H groups in total. The van der Waals surface area contributed by atoms with Crippen molar-refractivity contribution in [1.82, 2.24) is 4.98 Å². The van der Waals surface area contributed by atoms with Gasteiger partial charge in [-0.1, -0.05) is 29.8 Å². The van der Waals surface area contributed by atoms with E-state index in [1.165, 1.54) is 0 Å². The Morgan fingerprint density at radius 1 is 0.933 bits per heavy atom. The van der Waals surface area contributed by atoms with Crippen LogP contribution in [0.25, 0.3) is 0 Å². The number of aromatic hydroxyl groups is 1. The van der Waals surface area contributed by atoms with Crippen LogP contribution in [0.1, 0.15) is 0 Å². The molecule has 0 unspecified atom stereocenters. The van der Waals surface area contributed by atoms with Crippen molar-refractivity contribution >= 4 is 41.2 Å². The summed E-state index contributed by atoms with van der Waals surface area (Å²) >= 11 is 5.46. The fraction of sp³-hybridized carbons (Fsp3) is 0. The first-order valence-corrected chi connectivity index (χ1v) is 4.47. The molecule has 0 spiro atoms. The summed E-state index contributed by atoms with van der Waals surface area (Å²) in [7, 11) is 0. The molecule has 0 radical (unpaired) electrons. The van der Waals surface area contributed by atoms with Crippen molar-refractivity contribution in [3.05, 3.63) is 59.9 Å². The predicted octanol–water partition coefficient (Wildman–Crippen LogP) is 2.48. The smallest absolute Gasteiger partial charge is 0.0267 e. The number of benzene rings is 1. The van der Waals surface area contributed by atoms with Crippen LogP contribution in [0.2, 0.25) is 5.02 Å². The molecule has 2 rings (SSSR count). The Morgan fingerprint density at radius 3 is 1.80 bits per heavy atom. The number of rotatable bonds is 0. The number of pyridine rings is 1. The van der Waals surface area contributed by atoms with E-state index in [-0.39, 0.29) is 35.3 Å². The van der Waals surface area contributed by atoms with Gasteiger partial charge in [0.2, 0.25) is 0 Å². The van der Waals surface area contributed by atoms with E-state index in [0.29, 0.717) is 5.02 Å². The van der Waals surface area contributed by atoms with Gasteiger partial charge >= 0.3 is 29.6 Å². The molecule has 4 heteroatoms. The predicted molar refractivity (Wildman–Crippen MR) is 64.5 cm³/mol. The van der Waals surface area contributed by atoms with E-state index < -0.39 is 0 Å². The van der Waals surface area contributed by atoms with Crippen LogP contribution in [-0.4, -0.2) is 39.6 Å². The summed E-state index contributed by atoms with van der Waals surface area (Å²) in [6.45, 7) is 0. The van der Waals surface area contributed by atoms with E-state index in [1.54, 1.807) is 36.7 Å². The van der Waals surface area contributed by atoms with Gasteiger partial charge in [-0.3, -0.25) is 4.98 Å². The average Bonchev–Trinajstić information content (AvgIpc) is 2.26. The minimum absolute atomic E-state index is 0. The van der Waals surface area contributed by atoms with Crippen LogP contribution in [-0.2, 0) is 0 Å². The van der Waals surface area contributed by atoms with Crippen molar-refractivity contribution < 1.29 is 5.11 Å². The number of hydrogen-bond acceptors (Lipinski definition) is 2. The van der Waals surface area contributed by atoms with Crippen LogP contribution in [0.15, 0.2) is 54.9 Å². The fourth-order valence-electron chi connectivity index (χ4n) is 0.764. The molecule has 0 bridgehead atoms. The number of halogens is 1. The van der Waals surface area contributed by atoms with Gasteiger partial charge in [-0.25, -0.2) is 0 Å². The average molecular weight is 232 g/mol. The van der Waals surface area contributed by atoms with E-state index >= 15 is 0 Å². The molecule has 1 aromatic heterocycles. The molecule has 2 aromatic rings. The second kappa shape index (κ2) is 8.74. The van der Waals surface area contributed by atoms with Crippen LogP contribution in [0.3, 0.4) is 0 Å². The van der Waals surface area contributed by atoms with Gasteiger partial charge in [-0.15, -0.1) is 0 Å². The minimum Gasteiger partial charge on any atom is -0.265 e. The number of phenolic OH excluding ortho intramolecular Hbond substituents is 1. The zero-order chi connectivity index (χ0) is 10.2. The Hall–Kier alpha value is -0.540. The van der Waals surface area contributed by atoms with E-state index in [0.717, 1.165) is 0 Å². The minimum atomic E-state index is 0. The molecule has 0 saturated heterocycles. The Labute approximate surface area is 116 Å². The first kappa shape index (κ1) is 14.5. The normalized spacial score (nSPS) is 8.07. The molecule has 0 aliphatic rings. The summed E-state index contributed by atoms with van der Waals surface area (Å²) in [5, 5.41) is 9.18. The van der Waals surface area contributed by atoms with Crippen molar-refractivity contribution in [2.75, 3.05) is 0 Å². The van der Waals surface area contributed by atoms with Gasteiger partial charge in [0.1, 0.15) is 5.75 Å². The molecule has 0 aliphatic carbocycles. The monoisotopic (exact) mass is 231 g/mol. The van der Waals surface area contributed by atoms with Gasteiger partial charge in [-0.05, 0) is 24.3 Å². The van der Waals surface area contributed by atoms with E-state index in [4.69, 9.17) is 16.7 Å². The Morgan fingerprint density at radius 2 is 1.53 bits per heavy atom. The van der Waals surface area contributed by atoms with Crippen molar-refractivity contribution in [1.29, 1.82) is 0 Å². The summed E-state index contributed by atoms with van der Waals surface area (Å²) in [6.07, 6.45) is 3.50. The molecule has 74 valence electrons. The molecule has 15 heavy (non-hydrogen) atoms. The number of aromatic nitrogens is 1. The maximum atomic E-state index is 8.79. The van der Waals surface area contributed by atoms with Gasteiger partial charge < -0.3 is 5.11 Å². The van der Waals surface area contributed by atoms with Crippen molar-refractivity contribution in [2.24, 2.45) is 0 Å². The molecule has 0 aliphatic heterocycles. The summed E-state index contributed by atoms with van der Waals surface area (Å²) in [4.78, 5) is 3.78. The van der Waals surface area contributed by atoms with Crippen molar-refractivity contribution in [3.63, 3.8) is 0 Å². The Bertz CT molecular complexity index is 322. The SMILES string of the molecule is Oc1ccccc1Cl.[NaH].c1ccncc1. The van der Waals surface area contributed by atoms with E-state index in [9.17, 15) is 0 Å². The van der Waals surface area contributed by atoms with Crippen LogP contribution in [0.4, 0.5) is 0 Å². The fourth-order valence-corrected chi connectivity index (χ4v) is 0.900. The molecular formula is C11H11ClNNaO. The molecule has 0 atom stereocenters. The van der Waals surface area contributed by atoms with Crippen molar-refractivity contribution in [2.45, 2.75) is 0 Å². The number of para-hydroxylation sites is 1. The van der Waals surface area contributed by atoms with Gasteiger partial charge in [0, 0.05) is 12.4 Å². The maximum absolute atomic E-state index is 8.79. The van der Waals surface area contributed by atoms with E-state index in [2.05, 4.69) is 4.98 Å². The first-order chi connectivity index (χ1) is 6.80. The zero-order valence-electron chi connectivity index (χ0n) is 7.47. The van der Waals surface area contributed by atoms with Crippen LogP contribution in [0, 0.1) is 0 Å². The molecule has 0 amide bonds. The van der Waals surface area contributed by atoms with Gasteiger partial charge in [-0.2, -0.15) is 0 Å². The molecule has 2 nitrogen and oxygen atoms in total. The summed E-state index contributed by atoms with van der Waals surface area (Å²) in [6, 6.07) is 12.4. The molecule has 1 aromatic carbocycles. The molecule has 0 saturated carbocycles. The third-order valence-corrected chi connectivity index (χ3v) is 1.74. The molecule has 1 heterocycles. The largest absolute Gasteiger partial charge is 0.265 e. The third kappa shape index (κ3) is 6.52. The summed E-state index contributed by atoms with van der Waals surface area (Å²) in [5.41, 5.74) is 0. The van der Waals surface area contributed by atoms with Gasteiger partial charge in [0.05, 0.1) is 5.02 Å². The van der Waals surface area contributed by atoms with E-state index in [1.807, 2.05) is 18.2 Å². The zero-order valence-corrected chi connectivity index (χ0v) is 8.22. The van der Waals surface area contributed by atoms with Gasteiger partial charge in [0.25, 0.3) is 0 Å². The first-order valence-electron chi connectivity index (χ1n) is 4.09. The molecule has 0 fully saturated rings. The standard InChI is InChI=1S/C6H5ClO.C5H5N.Na.H/c7-5-3-1-2-4-6(5)8;1-2-4-6-5-3-1;;/h1-4,8H;1-5H;;. The summed E-state index contributed by atoms with van der Waals surface area (Å²) < 4.78 is 0. The number of hydrogen-bond donors (Lipinski definition) is 1. The second-order valence-corrected chi connectivity index (χ2v) is 2.88. The van der Waals surface area contributed by atoms with Gasteiger partial charge in [0.15, 0.2) is 0 Å². The number of phenols is 1. The van der Waals surface area contributed by atoms with Crippen LogP contribution >= 0.6 is 11.6 Å². The number of nitrogens with zero attached hydrogens (tertiary/aromatic N) is 1. The van der Waals surface area contributed by atoms with Crippen molar-refractivity contribution in [3.8, 4) is 5.75 Å². The maximum Gasteiger partial charge on any atom is 0.0267 e. The summed E-state index contributed by atoms with van der Waals surface area (Å²) in [5.74, 6) is 0.133. The Balaban J connectivity index is 0.000000253. The Kier molecular flexibility index (Phi) is 8.43. The molecular weight excluding hydrogens is 221 g/mol. The second-order valence-electron chi connectivity index (χ2n) is 2.48. The van der Waals surface area contributed by atoms with Crippen LogP contribution in [0.5, 0.6) is 5.75 Å². The van der Waals surface area contributed by atoms with Crippen LogP contribution < -0.4 is 0 Å². The topological polar surface area (TPSA) is 33.1 Å². The third-order valence-electron chi connectivity index (χ3n) is 1.42.